The number of sulfonamides is 1. The first-order chi connectivity index (χ1) is 16.3. The molecule has 10 heteroatoms. The predicted molar refractivity (Wildman–Crippen MR) is 125 cm³/mol. The molecule has 1 N–H and O–H groups in total. The molecule has 1 heterocycles. The van der Waals surface area contributed by atoms with E-state index in [-0.39, 0.29) is 17.3 Å². The van der Waals surface area contributed by atoms with Crippen molar-refractivity contribution in [2.24, 2.45) is 0 Å². The molecule has 0 spiro atoms. The van der Waals surface area contributed by atoms with Crippen LogP contribution in [0.2, 0.25) is 0 Å². The molecule has 0 radical (unpaired) electrons. The van der Waals surface area contributed by atoms with Crippen LogP contribution in [0.4, 0.5) is 5.69 Å². The van der Waals surface area contributed by atoms with Crippen molar-refractivity contribution in [3.05, 3.63) is 78.3 Å². The average molecular weight is 487 g/mol. The molecule has 180 valence electrons. The first-order valence-electron chi connectivity index (χ1n) is 10.7. The van der Waals surface area contributed by atoms with Gasteiger partial charge in [0, 0.05) is 18.8 Å². The number of carbonyl (C=O) groups is 2. The molecule has 3 aromatic rings. The molecule has 34 heavy (non-hydrogen) atoms. The fourth-order valence-corrected chi connectivity index (χ4v) is 4.52. The van der Waals surface area contributed by atoms with Crippen molar-refractivity contribution in [3.63, 3.8) is 0 Å². The van der Waals surface area contributed by atoms with E-state index in [0.717, 1.165) is 0 Å². The molecule has 0 fully saturated rings. The van der Waals surface area contributed by atoms with Gasteiger partial charge < -0.3 is 19.2 Å². The minimum atomic E-state index is -3.58. The summed E-state index contributed by atoms with van der Waals surface area (Å²) in [6, 6.07) is 18.0. The summed E-state index contributed by atoms with van der Waals surface area (Å²) in [7, 11) is -3.58. The number of nitrogens with zero attached hydrogens (tertiary/aromatic N) is 1. The average Bonchev–Trinajstić information content (AvgIpc) is 3.32. The Morgan fingerprint density at radius 3 is 2.26 bits per heavy atom. The quantitative estimate of drug-likeness (QED) is 0.411. The van der Waals surface area contributed by atoms with Gasteiger partial charge in [0.05, 0.1) is 4.90 Å². The Balaban J connectivity index is 1.48. The third-order valence-electron chi connectivity index (χ3n) is 4.80. The summed E-state index contributed by atoms with van der Waals surface area (Å²) in [6.07, 6.45) is 0. The van der Waals surface area contributed by atoms with Crippen LogP contribution in [-0.2, 0) is 26.2 Å². The van der Waals surface area contributed by atoms with Gasteiger partial charge in [-0.2, -0.15) is 4.31 Å². The normalized spacial score (nSPS) is 11.3. The van der Waals surface area contributed by atoms with Crippen LogP contribution in [0.15, 0.2) is 76.0 Å². The molecule has 0 atom stereocenters. The number of esters is 1. The second-order valence-electron chi connectivity index (χ2n) is 7.11. The molecule has 0 saturated carbocycles. The Kier molecular flexibility index (Phi) is 8.44. The molecule has 0 bridgehead atoms. The highest BCUT2D eigenvalue weighted by molar-refractivity contribution is 7.89. The Hall–Kier alpha value is -3.63. The Bertz CT molecular complexity index is 1200. The zero-order valence-electron chi connectivity index (χ0n) is 18.9. The molecule has 0 aliphatic heterocycles. The maximum atomic E-state index is 12.5. The number of hydrogen-bond donors (Lipinski definition) is 1. The number of para-hydroxylation sites is 1. The van der Waals surface area contributed by atoms with Crippen LogP contribution >= 0.6 is 0 Å². The highest BCUT2D eigenvalue weighted by Gasteiger charge is 2.21. The van der Waals surface area contributed by atoms with Gasteiger partial charge in [0.25, 0.3) is 5.91 Å². The zero-order chi connectivity index (χ0) is 24.6. The van der Waals surface area contributed by atoms with E-state index in [9.17, 15) is 18.0 Å². The maximum absolute atomic E-state index is 12.5. The third-order valence-corrected chi connectivity index (χ3v) is 6.87. The standard InChI is InChI=1S/C24H26N2O7S/c1-3-26(4-2)34(29,30)21-13-10-18(11-14-21)25-23(27)17-32-24(28)22-15-12-20(33-22)16-31-19-8-6-5-7-9-19/h5-15H,3-4,16-17H2,1-2H3,(H,25,27). The van der Waals surface area contributed by atoms with E-state index in [4.69, 9.17) is 13.9 Å². The van der Waals surface area contributed by atoms with Crippen molar-refractivity contribution >= 4 is 27.6 Å². The third kappa shape index (κ3) is 6.46. The highest BCUT2D eigenvalue weighted by atomic mass is 32.2. The first kappa shape index (κ1) is 25.0. The van der Waals surface area contributed by atoms with Crippen LogP contribution in [-0.4, -0.2) is 44.3 Å². The molecule has 1 aromatic heterocycles. The van der Waals surface area contributed by atoms with E-state index in [1.807, 2.05) is 18.2 Å². The lowest BCUT2D eigenvalue weighted by atomic mass is 10.3. The highest BCUT2D eigenvalue weighted by Crippen LogP contribution is 2.18. The number of amides is 1. The van der Waals surface area contributed by atoms with Crippen molar-refractivity contribution < 1.29 is 31.9 Å². The number of ether oxygens (including phenoxy) is 2. The monoisotopic (exact) mass is 486 g/mol. The fourth-order valence-electron chi connectivity index (χ4n) is 3.06. The molecule has 3 rings (SSSR count). The fraction of sp³-hybridized carbons (Fsp3) is 0.250. The van der Waals surface area contributed by atoms with Crippen molar-refractivity contribution in [1.29, 1.82) is 0 Å². The van der Waals surface area contributed by atoms with Crippen molar-refractivity contribution in [2.45, 2.75) is 25.3 Å². The SMILES string of the molecule is CCN(CC)S(=O)(=O)c1ccc(NC(=O)COC(=O)c2ccc(COc3ccccc3)o2)cc1. The second kappa shape index (κ2) is 11.5. The van der Waals surface area contributed by atoms with Gasteiger partial charge in [0.15, 0.2) is 6.61 Å². The number of hydrogen-bond acceptors (Lipinski definition) is 7. The van der Waals surface area contributed by atoms with Gasteiger partial charge in [-0.05, 0) is 48.5 Å². The summed E-state index contributed by atoms with van der Waals surface area (Å²) >= 11 is 0. The number of anilines is 1. The molecular formula is C24H26N2O7S. The van der Waals surface area contributed by atoms with Crippen LogP contribution in [0.1, 0.15) is 30.2 Å². The minimum Gasteiger partial charge on any atom is -0.486 e. The van der Waals surface area contributed by atoms with Crippen molar-refractivity contribution in [2.75, 3.05) is 25.0 Å². The summed E-state index contributed by atoms with van der Waals surface area (Å²) < 4.78 is 42.3. The van der Waals surface area contributed by atoms with Crippen LogP contribution in [0.3, 0.4) is 0 Å². The number of benzene rings is 2. The Morgan fingerprint density at radius 2 is 1.62 bits per heavy atom. The smallest absolute Gasteiger partial charge is 0.374 e. The topological polar surface area (TPSA) is 115 Å². The van der Waals surface area contributed by atoms with Crippen molar-refractivity contribution in [1.82, 2.24) is 4.31 Å². The van der Waals surface area contributed by atoms with Gasteiger partial charge in [0.1, 0.15) is 18.1 Å². The molecule has 0 aliphatic rings. The summed E-state index contributed by atoms with van der Waals surface area (Å²) in [4.78, 5) is 24.4. The molecule has 2 aromatic carbocycles. The van der Waals surface area contributed by atoms with Crippen LogP contribution in [0, 0.1) is 0 Å². The van der Waals surface area contributed by atoms with E-state index in [0.29, 0.717) is 30.3 Å². The van der Waals surface area contributed by atoms with Crippen LogP contribution in [0.5, 0.6) is 5.75 Å². The molecule has 0 saturated heterocycles. The van der Waals surface area contributed by atoms with E-state index >= 15 is 0 Å². The van der Waals surface area contributed by atoms with Gasteiger partial charge >= 0.3 is 5.97 Å². The lowest BCUT2D eigenvalue weighted by Gasteiger charge is -2.18. The second-order valence-corrected chi connectivity index (χ2v) is 9.04. The van der Waals surface area contributed by atoms with E-state index in [1.54, 1.807) is 32.0 Å². The zero-order valence-corrected chi connectivity index (χ0v) is 19.7. The molecule has 1 amide bonds. The maximum Gasteiger partial charge on any atom is 0.374 e. The van der Waals surface area contributed by atoms with E-state index < -0.39 is 28.5 Å². The Morgan fingerprint density at radius 1 is 0.941 bits per heavy atom. The summed E-state index contributed by atoms with van der Waals surface area (Å²) in [6.45, 7) is 3.85. The number of carbonyl (C=O) groups excluding carboxylic acids is 2. The van der Waals surface area contributed by atoms with Gasteiger partial charge in [-0.1, -0.05) is 32.0 Å². The number of rotatable bonds is 11. The lowest BCUT2D eigenvalue weighted by molar-refractivity contribution is -0.119. The van der Waals surface area contributed by atoms with Crippen molar-refractivity contribution in [3.8, 4) is 5.75 Å². The summed E-state index contributed by atoms with van der Waals surface area (Å²) in [5, 5.41) is 2.55. The molecular weight excluding hydrogens is 460 g/mol. The number of furan rings is 1. The molecule has 9 nitrogen and oxygen atoms in total. The van der Waals surface area contributed by atoms with E-state index in [2.05, 4.69) is 5.32 Å². The van der Waals surface area contributed by atoms with Gasteiger partial charge in [0.2, 0.25) is 15.8 Å². The Labute approximate surface area is 198 Å². The lowest BCUT2D eigenvalue weighted by Crippen LogP contribution is -2.30. The predicted octanol–water partition coefficient (Wildman–Crippen LogP) is 3.68. The molecule has 0 unspecified atom stereocenters. The largest absolute Gasteiger partial charge is 0.486 e. The van der Waals surface area contributed by atoms with Crippen LogP contribution < -0.4 is 10.1 Å². The number of nitrogens with one attached hydrogen (secondary N) is 1. The van der Waals surface area contributed by atoms with E-state index in [1.165, 1.54) is 34.6 Å². The summed E-state index contributed by atoms with van der Waals surface area (Å²) in [5.74, 6) is -0.322. The molecule has 0 aliphatic carbocycles. The first-order valence-corrected chi connectivity index (χ1v) is 12.1. The van der Waals surface area contributed by atoms with Gasteiger partial charge in [-0.3, -0.25) is 4.79 Å². The van der Waals surface area contributed by atoms with Gasteiger partial charge in [-0.15, -0.1) is 0 Å². The summed E-state index contributed by atoms with van der Waals surface area (Å²) in [5.41, 5.74) is 0.373. The minimum absolute atomic E-state index is 0.0505. The van der Waals surface area contributed by atoms with Crippen LogP contribution in [0.25, 0.3) is 0 Å². The van der Waals surface area contributed by atoms with Gasteiger partial charge in [-0.25, -0.2) is 13.2 Å².